The lowest BCUT2D eigenvalue weighted by molar-refractivity contribution is 0.000958. The van der Waals surface area contributed by atoms with Gasteiger partial charge in [0.25, 0.3) is 5.91 Å². The van der Waals surface area contributed by atoms with Crippen LogP contribution in [0.3, 0.4) is 0 Å². The Bertz CT molecular complexity index is 1600. The molecule has 2 N–H and O–H groups in total. The summed E-state index contributed by atoms with van der Waals surface area (Å²) >= 11 is 6.86. The van der Waals surface area contributed by atoms with Gasteiger partial charge in [-0.2, -0.15) is 0 Å². The maximum absolute atomic E-state index is 15.2. The molecule has 3 aromatic rings. The monoisotopic (exact) mass is 640 g/mol. The number of carbonyl (C=O) groups is 2. The Labute approximate surface area is 266 Å². The first-order chi connectivity index (χ1) is 21.2. The van der Waals surface area contributed by atoms with E-state index in [1.165, 1.54) is 24.5 Å². The number of hydrogen-bond donors (Lipinski definition) is 2. The maximum atomic E-state index is 15.2. The van der Waals surface area contributed by atoms with Crippen LogP contribution in [0.5, 0.6) is 11.5 Å². The van der Waals surface area contributed by atoms with E-state index < -0.39 is 29.5 Å². The van der Waals surface area contributed by atoms with Crippen molar-refractivity contribution in [3.05, 3.63) is 52.3 Å². The SMILES string of the molecule is CC(C)c1ncnc(C(C)C)c1Nc1nc(-c2c(O)cccc2F)c(Cl)c2c1C(=O)N1CCN(C(=O)OC(C)(C)C)C[C@@H]1CO2. The lowest BCUT2D eigenvalue weighted by Crippen LogP contribution is -2.58. The van der Waals surface area contributed by atoms with E-state index in [9.17, 15) is 14.7 Å². The number of benzene rings is 1. The molecule has 1 saturated heterocycles. The number of anilines is 2. The highest BCUT2D eigenvalue weighted by molar-refractivity contribution is 6.35. The summed E-state index contributed by atoms with van der Waals surface area (Å²) in [4.78, 5) is 44.1. The summed E-state index contributed by atoms with van der Waals surface area (Å²) in [6.07, 6.45) is 1.01. The Hall–Kier alpha value is -4.19. The molecule has 1 aromatic carbocycles. The zero-order valence-electron chi connectivity index (χ0n) is 26.4. The second kappa shape index (κ2) is 12.3. The lowest BCUT2D eigenvalue weighted by Gasteiger charge is -2.40. The van der Waals surface area contributed by atoms with Crippen LogP contribution in [0.25, 0.3) is 11.3 Å². The number of piperazine rings is 1. The van der Waals surface area contributed by atoms with Gasteiger partial charge >= 0.3 is 6.09 Å². The average Bonchev–Trinajstić information content (AvgIpc) is 3.10. The largest absolute Gasteiger partial charge is 0.507 e. The summed E-state index contributed by atoms with van der Waals surface area (Å²) in [7, 11) is 0. The van der Waals surface area contributed by atoms with Crippen molar-refractivity contribution in [2.75, 3.05) is 31.6 Å². The topological polar surface area (TPSA) is 130 Å². The number of pyridine rings is 1. The van der Waals surface area contributed by atoms with Gasteiger partial charge in [-0.05, 0) is 44.7 Å². The number of hydrogen-bond acceptors (Lipinski definition) is 9. The Morgan fingerprint density at radius 3 is 2.40 bits per heavy atom. The Morgan fingerprint density at radius 1 is 1.13 bits per heavy atom. The number of phenols is 1. The van der Waals surface area contributed by atoms with Gasteiger partial charge in [0.15, 0.2) is 5.75 Å². The minimum atomic E-state index is -0.755. The van der Waals surface area contributed by atoms with Crippen molar-refractivity contribution in [3.63, 3.8) is 0 Å². The van der Waals surface area contributed by atoms with Crippen molar-refractivity contribution in [2.45, 2.75) is 71.9 Å². The van der Waals surface area contributed by atoms with Crippen molar-refractivity contribution in [2.24, 2.45) is 0 Å². The fraction of sp³-hybridized carbons (Fsp3) is 0.469. The fourth-order valence-electron chi connectivity index (χ4n) is 5.50. The van der Waals surface area contributed by atoms with Crippen molar-refractivity contribution in [1.82, 2.24) is 24.8 Å². The molecule has 0 radical (unpaired) electrons. The molecule has 1 atom stereocenters. The summed E-state index contributed by atoms with van der Waals surface area (Å²) in [5.74, 6) is -1.57. The van der Waals surface area contributed by atoms with E-state index in [0.717, 1.165) is 0 Å². The van der Waals surface area contributed by atoms with Crippen molar-refractivity contribution in [3.8, 4) is 22.8 Å². The number of nitrogens with one attached hydrogen (secondary N) is 1. The number of aromatic nitrogens is 3. The van der Waals surface area contributed by atoms with Gasteiger partial charge < -0.3 is 29.7 Å². The third-order valence-electron chi connectivity index (χ3n) is 7.60. The van der Waals surface area contributed by atoms with Crippen LogP contribution in [0.2, 0.25) is 5.02 Å². The molecule has 0 bridgehead atoms. The van der Waals surface area contributed by atoms with Crippen molar-refractivity contribution < 1.29 is 28.6 Å². The van der Waals surface area contributed by atoms with Crippen LogP contribution in [-0.2, 0) is 4.74 Å². The van der Waals surface area contributed by atoms with E-state index in [0.29, 0.717) is 17.1 Å². The van der Waals surface area contributed by atoms with Crippen LogP contribution in [0.15, 0.2) is 24.5 Å². The first-order valence-electron chi connectivity index (χ1n) is 14.9. The summed E-state index contributed by atoms with van der Waals surface area (Å²) in [6.45, 7) is 13.9. The molecule has 45 heavy (non-hydrogen) atoms. The van der Waals surface area contributed by atoms with Gasteiger partial charge in [0.05, 0.1) is 28.7 Å². The number of rotatable bonds is 5. The maximum Gasteiger partial charge on any atom is 0.410 e. The van der Waals surface area contributed by atoms with Crippen LogP contribution in [-0.4, -0.2) is 79.7 Å². The van der Waals surface area contributed by atoms with Gasteiger partial charge in [0.1, 0.15) is 52.2 Å². The third kappa shape index (κ3) is 6.33. The van der Waals surface area contributed by atoms with E-state index in [2.05, 4.69) is 20.3 Å². The fourth-order valence-corrected chi connectivity index (χ4v) is 5.78. The molecule has 4 heterocycles. The molecule has 0 aliphatic carbocycles. The van der Waals surface area contributed by atoms with Gasteiger partial charge in [-0.1, -0.05) is 45.4 Å². The highest BCUT2D eigenvalue weighted by Crippen LogP contribution is 2.46. The molecule has 5 rings (SSSR count). The molecule has 2 aliphatic heterocycles. The number of fused-ring (bicyclic) bond motifs is 2. The predicted molar refractivity (Wildman–Crippen MR) is 168 cm³/mol. The molecule has 13 heteroatoms. The number of nitrogens with zero attached hydrogens (tertiary/aromatic N) is 5. The normalized spacial score (nSPS) is 16.7. The molecule has 0 saturated carbocycles. The number of amides is 2. The molecule has 1 fully saturated rings. The van der Waals surface area contributed by atoms with Crippen LogP contribution in [0, 0.1) is 5.82 Å². The minimum Gasteiger partial charge on any atom is -0.507 e. The van der Waals surface area contributed by atoms with Crippen LogP contribution < -0.4 is 10.1 Å². The second-order valence-corrected chi connectivity index (χ2v) is 13.2. The molecular weight excluding hydrogens is 603 g/mol. The molecule has 2 aliphatic rings. The van der Waals surface area contributed by atoms with E-state index >= 15 is 4.39 Å². The van der Waals surface area contributed by atoms with Gasteiger partial charge in [0.2, 0.25) is 0 Å². The predicted octanol–water partition coefficient (Wildman–Crippen LogP) is 6.48. The Morgan fingerprint density at radius 2 is 1.80 bits per heavy atom. The molecule has 0 unspecified atom stereocenters. The first kappa shape index (κ1) is 32.2. The zero-order valence-corrected chi connectivity index (χ0v) is 27.2. The van der Waals surface area contributed by atoms with E-state index in [1.807, 2.05) is 27.7 Å². The second-order valence-electron chi connectivity index (χ2n) is 12.8. The number of halogens is 2. The van der Waals surface area contributed by atoms with Gasteiger partial charge in [-0.15, -0.1) is 0 Å². The zero-order chi connectivity index (χ0) is 32.8. The average molecular weight is 641 g/mol. The van der Waals surface area contributed by atoms with Crippen LogP contribution in [0.4, 0.5) is 20.7 Å². The summed E-state index contributed by atoms with van der Waals surface area (Å²) in [5.41, 5.74) is 0.971. The first-order valence-corrected chi connectivity index (χ1v) is 15.3. The molecule has 0 spiro atoms. The number of aromatic hydroxyl groups is 1. The van der Waals surface area contributed by atoms with Crippen molar-refractivity contribution in [1.29, 1.82) is 0 Å². The van der Waals surface area contributed by atoms with Crippen molar-refractivity contribution >= 4 is 35.1 Å². The molecule has 2 amide bonds. The van der Waals surface area contributed by atoms with Gasteiger partial charge in [-0.3, -0.25) is 4.79 Å². The smallest absolute Gasteiger partial charge is 0.410 e. The highest BCUT2D eigenvalue weighted by atomic mass is 35.5. The number of phenolic OH excluding ortho intramolecular Hbond substituents is 1. The lowest BCUT2D eigenvalue weighted by atomic mass is 10.0. The number of ether oxygens (including phenoxy) is 2. The minimum absolute atomic E-state index is 0.00710. The third-order valence-corrected chi connectivity index (χ3v) is 7.95. The standard InChI is InChI=1S/C32H38ClFN6O5/c1-16(2)24-27(25(17(3)4)36-15-35-24)38-29-22-28(23(33)26(37-29)21-19(34)9-8-10-20(21)41)44-14-18-13-39(11-12-40(18)30(22)42)31(43)45-32(5,6)7/h8-10,15-18,41H,11-14H2,1-7H3,(H,37,38)/t18-/m1/s1. The molecular formula is C32H38ClFN6O5. The highest BCUT2D eigenvalue weighted by Gasteiger charge is 2.41. The molecule has 2 aromatic heterocycles. The summed E-state index contributed by atoms with van der Waals surface area (Å²) in [5, 5.41) is 13.9. The van der Waals surface area contributed by atoms with E-state index in [-0.39, 0.29) is 77.2 Å². The van der Waals surface area contributed by atoms with Crippen LogP contribution in [0.1, 0.15) is 82.0 Å². The van der Waals surface area contributed by atoms with Gasteiger partial charge in [-0.25, -0.2) is 24.1 Å². The Kier molecular flexibility index (Phi) is 8.81. The van der Waals surface area contributed by atoms with Crippen LogP contribution >= 0.6 is 11.6 Å². The quantitative estimate of drug-likeness (QED) is 0.322. The summed E-state index contributed by atoms with van der Waals surface area (Å²) < 4.78 is 27.0. The number of carbonyl (C=O) groups excluding carboxylic acids is 2. The van der Waals surface area contributed by atoms with Gasteiger partial charge in [0, 0.05) is 19.6 Å². The Balaban J connectivity index is 1.66. The molecule has 11 nitrogen and oxygen atoms in total. The molecule has 240 valence electrons. The summed E-state index contributed by atoms with van der Waals surface area (Å²) in [6, 6.07) is 3.34. The van der Waals surface area contributed by atoms with E-state index in [4.69, 9.17) is 21.1 Å². The van der Waals surface area contributed by atoms with E-state index in [1.54, 1.807) is 30.6 Å².